The van der Waals surface area contributed by atoms with E-state index in [4.69, 9.17) is 5.73 Å². The molecule has 2 atom stereocenters. The van der Waals surface area contributed by atoms with Crippen LogP contribution < -0.4 is 16.4 Å². The minimum atomic E-state index is -0.659. The van der Waals surface area contributed by atoms with E-state index in [0.29, 0.717) is 18.9 Å². The van der Waals surface area contributed by atoms with Gasteiger partial charge in [-0.15, -0.1) is 0 Å². The summed E-state index contributed by atoms with van der Waals surface area (Å²) in [6, 6.07) is 8.32. The Kier molecular flexibility index (Phi) is 6.88. The van der Waals surface area contributed by atoms with E-state index in [1.807, 2.05) is 44.2 Å². The van der Waals surface area contributed by atoms with E-state index in [2.05, 4.69) is 10.6 Å². The second-order valence-corrected chi connectivity index (χ2v) is 5.67. The highest BCUT2D eigenvalue weighted by Crippen LogP contribution is 2.02. The summed E-state index contributed by atoms with van der Waals surface area (Å²) in [6.45, 7) is 6.27. The number of nitrogens with two attached hydrogens (primary N) is 1. The lowest BCUT2D eigenvalue weighted by Gasteiger charge is -2.18. The highest BCUT2D eigenvalue weighted by atomic mass is 16.2. The lowest BCUT2D eigenvalue weighted by atomic mass is 10.1. The Bertz CT molecular complexity index is 460. The molecule has 116 valence electrons. The SMILES string of the molecule is CC(C)CNC(=O)C(C)NC(=O)C(N)Cc1ccccc1. The van der Waals surface area contributed by atoms with Gasteiger partial charge in [0, 0.05) is 6.54 Å². The molecular weight excluding hydrogens is 266 g/mol. The van der Waals surface area contributed by atoms with Crippen LogP contribution in [0.15, 0.2) is 30.3 Å². The van der Waals surface area contributed by atoms with Crippen LogP contribution in [-0.2, 0) is 16.0 Å². The van der Waals surface area contributed by atoms with Crippen molar-refractivity contribution in [2.45, 2.75) is 39.3 Å². The molecule has 5 nitrogen and oxygen atoms in total. The van der Waals surface area contributed by atoms with Crippen molar-refractivity contribution in [1.82, 2.24) is 10.6 Å². The normalized spacial score (nSPS) is 13.6. The van der Waals surface area contributed by atoms with Crippen molar-refractivity contribution < 1.29 is 9.59 Å². The minimum Gasteiger partial charge on any atom is -0.354 e. The van der Waals surface area contributed by atoms with Gasteiger partial charge in [-0.2, -0.15) is 0 Å². The number of hydrogen-bond donors (Lipinski definition) is 3. The number of carbonyl (C=O) groups is 2. The summed E-state index contributed by atoms with van der Waals surface area (Å²) < 4.78 is 0. The summed E-state index contributed by atoms with van der Waals surface area (Å²) in [5.74, 6) is -0.132. The van der Waals surface area contributed by atoms with E-state index in [9.17, 15) is 9.59 Å². The van der Waals surface area contributed by atoms with Gasteiger partial charge in [0.1, 0.15) is 6.04 Å². The molecule has 0 saturated heterocycles. The molecule has 5 heteroatoms. The van der Waals surface area contributed by atoms with Crippen LogP contribution in [-0.4, -0.2) is 30.4 Å². The fourth-order valence-corrected chi connectivity index (χ4v) is 1.80. The zero-order chi connectivity index (χ0) is 15.8. The fraction of sp³-hybridized carbons (Fsp3) is 0.500. The molecular formula is C16H25N3O2. The van der Waals surface area contributed by atoms with E-state index < -0.39 is 12.1 Å². The Hall–Kier alpha value is -1.88. The lowest BCUT2D eigenvalue weighted by molar-refractivity contribution is -0.129. The highest BCUT2D eigenvalue weighted by molar-refractivity contribution is 5.89. The standard InChI is InChI=1S/C16H25N3O2/c1-11(2)10-18-15(20)12(3)19-16(21)14(17)9-13-7-5-4-6-8-13/h4-8,11-12,14H,9-10,17H2,1-3H3,(H,18,20)(H,19,21). The zero-order valence-corrected chi connectivity index (χ0v) is 12.9. The van der Waals surface area contributed by atoms with Crippen LogP contribution in [0.5, 0.6) is 0 Å². The van der Waals surface area contributed by atoms with Crippen LogP contribution in [0.25, 0.3) is 0 Å². The maximum atomic E-state index is 12.0. The third-order valence-corrected chi connectivity index (χ3v) is 3.07. The Morgan fingerprint density at radius 3 is 2.29 bits per heavy atom. The quantitative estimate of drug-likeness (QED) is 0.696. The van der Waals surface area contributed by atoms with Crippen molar-refractivity contribution in [3.8, 4) is 0 Å². The number of rotatable bonds is 7. The minimum absolute atomic E-state index is 0.191. The Morgan fingerprint density at radius 2 is 1.71 bits per heavy atom. The van der Waals surface area contributed by atoms with Crippen LogP contribution in [0.3, 0.4) is 0 Å². The van der Waals surface area contributed by atoms with E-state index in [0.717, 1.165) is 5.56 Å². The molecule has 0 aliphatic rings. The van der Waals surface area contributed by atoms with Crippen molar-refractivity contribution in [2.24, 2.45) is 11.7 Å². The molecule has 2 amide bonds. The van der Waals surface area contributed by atoms with Crippen molar-refractivity contribution in [2.75, 3.05) is 6.54 Å². The number of hydrogen-bond acceptors (Lipinski definition) is 3. The molecule has 4 N–H and O–H groups in total. The van der Waals surface area contributed by atoms with Gasteiger partial charge in [-0.05, 0) is 24.8 Å². The van der Waals surface area contributed by atoms with Gasteiger partial charge in [0.2, 0.25) is 11.8 Å². The average Bonchev–Trinajstić information content (AvgIpc) is 2.45. The molecule has 0 aliphatic carbocycles. The van der Waals surface area contributed by atoms with E-state index >= 15 is 0 Å². The first kappa shape index (κ1) is 17.2. The lowest BCUT2D eigenvalue weighted by Crippen LogP contribution is -2.51. The Morgan fingerprint density at radius 1 is 1.10 bits per heavy atom. The van der Waals surface area contributed by atoms with Crippen LogP contribution in [0.4, 0.5) is 0 Å². The molecule has 0 aromatic heterocycles. The largest absolute Gasteiger partial charge is 0.354 e. The summed E-state index contributed by atoms with van der Waals surface area (Å²) in [5.41, 5.74) is 6.87. The smallest absolute Gasteiger partial charge is 0.242 e. The van der Waals surface area contributed by atoms with Gasteiger partial charge >= 0.3 is 0 Å². The molecule has 0 spiro atoms. The van der Waals surface area contributed by atoms with Crippen molar-refractivity contribution in [3.05, 3.63) is 35.9 Å². The van der Waals surface area contributed by atoms with E-state index in [1.54, 1.807) is 6.92 Å². The molecule has 0 bridgehead atoms. The number of amides is 2. The third kappa shape index (κ3) is 6.40. The predicted octanol–water partition coefficient (Wildman–Crippen LogP) is 0.833. The van der Waals surface area contributed by atoms with Crippen molar-refractivity contribution in [1.29, 1.82) is 0 Å². The Labute approximate surface area is 126 Å². The second kappa shape index (κ2) is 8.42. The molecule has 2 unspecified atom stereocenters. The molecule has 21 heavy (non-hydrogen) atoms. The molecule has 1 aromatic carbocycles. The molecule has 1 rings (SSSR count). The molecule has 1 aromatic rings. The number of nitrogens with one attached hydrogen (secondary N) is 2. The third-order valence-electron chi connectivity index (χ3n) is 3.07. The van der Waals surface area contributed by atoms with Gasteiger partial charge in [0.05, 0.1) is 6.04 Å². The van der Waals surface area contributed by atoms with Crippen LogP contribution >= 0.6 is 0 Å². The monoisotopic (exact) mass is 291 g/mol. The van der Waals surface area contributed by atoms with Gasteiger partial charge < -0.3 is 16.4 Å². The predicted molar refractivity (Wildman–Crippen MR) is 83.6 cm³/mol. The zero-order valence-electron chi connectivity index (χ0n) is 12.9. The van der Waals surface area contributed by atoms with Gasteiger partial charge in [-0.1, -0.05) is 44.2 Å². The maximum absolute atomic E-state index is 12.0. The van der Waals surface area contributed by atoms with Crippen LogP contribution in [0.2, 0.25) is 0 Å². The van der Waals surface area contributed by atoms with Gasteiger partial charge in [0.25, 0.3) is 0 Å². The number of carbonyl (C=O) groups excluding carboxylic acids is 2. The second-order valence-electron chi connectivity index (χ2n) is 5.67. The first-order valence-corrected chi connectivity index (χ1v) is 7.27. The molecule has 0 heterocycles. The fourth-order valence-electron chi connectivity index (χ4n) is 1.80. The molecule has 0 radical (unpaired) electrons. The van der Waals surface area contributed by atoms with Crippen LogP contribution in [0.1, 0.15) is 26.3 Å². The van der Waals surface area contributed by atoms with Crippen molar-refractivity contribution >= 4 is 11.8 Å². The van der Waals surface area contributed by atoms with Gasteiger partial charge in [0.15, 0.2) is 0 Å². The topological polar surface area (TPSA) is 84.2 Å². The molecule has 0 saturated carbocycles. The summed E-state index contributed by atoms with van der Waals surface area (Å²) >= 11 is 0. The van der Waals surface area contributed by atoms with E-state index in [1.165, 1.54) is 0 Å². The average molecular weight is 291 g/mol. The first-order chi connectivity index (χ1) is 9.90. The van der Waals surface area contributed by atoms with Gasteiger partial charge in [-0.25, -0.2) is 0 Å². The van der Waals surface area contributed by atoms with Crippen LogP contribution in [0, 0.1) is 5.92 Å². The Balaban J connectivity index is 2.42. The van der Waals surface area contributed by atoms with E-state index in [-0.39, 0.29) is 11.8 Å². The summed E-state index contributed by atoms with van der Waals surface area (Å²) in [4.78, 5) is 23.8. The number of benzene rings is 1. The molecule has 0 aliphatic heterocycles. The molecule has 0 fully saturated rings. The van der Waals surface area contributed by atoms with Gasteiger partial charge in [-0.3, -0.25) is 9.59 Å². The highest BCUT2D eigenvalue weighted by Gasteiger charge is 2.20. The summed E-state index contributed by atoms with van der Waals surface area (Å²) in [7, 11) is 0. The summed E-state index contributed by atoms with van der Waals surface area (Å²) in [6.07, 6.45) is 0.451. The maximum Gasteiger partial charge on any atom is 0.242 e. The van der Waals surface area contributed by atoms with Crippen molar-refractivity contribution in [3.63, 3.8) is 0 Å². The summed E-state index contributed by atoms with van der Waals surface area (Å²) in [5, 5.41) is 5.43. The first-order valence-electron chi connectivity index (χ1n) is 7.27.